The molecule has 0 spiro atoms. The predicted molar refractivity (Wildman–Crippen MR) is 157 cm³/mol. The van der Waals surface area contributed by atoms with Crippen molar-refractivity contribution in [3.05, 3.63) is 70.3 Å². The topological polar surface area (TPSA) is 95.3 Å². The molecule has 2 saturated heterocycles. The van der Waals surface area contributed by atoms with Gasteiger partial charge in [-0.15, -0.1) is 0 Å². The van der Waals surface area contributed by atoms with Gasteiger partial charge in [0.2, 0.25) is 5.88 Å². The summed E-state index contributed by atoms with van der Waals surface area (Å²) in [5.41, 5.74) is 4.90. The van der Waals surface area contributed by atoms with Crippen LogP contribution in [0.5, 0.6) is 5.88 Å². The standard InChI is InChI=1S/C32H35ClFN3O5/c1-3-5-22(9-11-39-27-17-41-29-25(38)16-40-30(27)29)36-31-18(2)12-23(33)32(37-31)42-26-8-7-19-13-21(14-24(34)28(19)26)20-6-4-10-35-15-20/h4,6,10,12-15,25-27,29-30,38H,3,5,7-9,11,16-17H2,1-2H3/t25-,26?,27-,29-,30-/m1/s1. The molecule has 0 amide bonds. The van der Waals surface area contributed by atoms with Gasteiger partial charge < -0.3 is 24.1 Å². The maximum atomic E-state index is 15.4. The van der Waals surface area contributed by atoms with Crippen LogP contribution >= 0.6 is 11.6 Å². The Bertz CT molecular complexity index is 1460. The number of hydrogen-bond acceptors (Lipinski definition) is 8. The van der Waals surface area contributed by atoms with Crippen LogP contribution in [0.4, 0.5) is 10.2 Å². The van der Waals surface area contributed by atoms with E-state index in [-0.39, 0.29) is 36.6 Å². The number of fused-ring (bicyclic) bond motifs is 2. The Morgan fingerprint density at radius 1 is 1.17 bits per heavy atom. The summed E-state index contributed by atoms with van der Waals surface area (Å²) in [6.45, 7) is 5.13. The van der Waals surface area contributed by atoms with Gasteiger partial charge in [0.1, 0.15) is 41.4 Å². The third-order valence-electron chi connectivity index (χ3n) is 8.08. The smallest absolute Gasteiger partial charge is 0.235 e. The second-order valence-corrected chi connectivity index (χ2v) is 11.5. The van der Waals surface area contributed by atoms with Crippen LogP contribution in [-0.2, 0) is 20.6 Å². The lowest BCUT2D eigenvalue weighted by molar-refractivity contribution is -0.0348. The number of halogens is 2. The van der Waals surface area contributed by atoms with Crippen molar-refractivity contribution in [2.75, 3.05) is 19.8 Å². The molecule has 0 bridgehead atoms. The Morgan fingerprint density at radius 2 is 2.02 bits per heavy atom. The molecule has 2 fully saturated rings. The van der Waals surface area contributed by atoms with Gasteiger partial charge in [0.25, 0.3) is 0 Å². The van der Waals surface area contributed by atoms with Crippen molar-refractivity contribution in [3.63, 3.8) is 0 Å². The summed E-state index contributed by atoms with van der Waals surface area (Å²) < 4.78 is 39.0. The first-order chi connectivity index (χ1) is 20.4. The summed E-state index contributed by atoms with van der Waals surface area (Å²) in [7, 11) is 0. The number of pyridine rings is 2. The van der Waals surface area contributed by atoms with E-state index in [0.29, 0.717) is 48.9 Å². The Hall–Kier alpha value is -2.95. The zero-order chi connectivity index (χ0) is 29.2. The highest BCUT2D eigenvalue weighted by molar-refractivity contribution is 6.32. The van der Waals surface area contributed by atoms with Gasteiger partial charge in [-0.25, -0.2) is 9.38 Å². The molecule has 8 nitrogen and oxygen atoms in total. The first-order valence-electron chi connectivity index (χ1n) is 14.6. The highest BCUT2D eigenvalue weighted by Gasteiger charge is 2.47. The van der Waals surface area contributed by atoms with E-state index in [9.17, 15) is 5.11 Å². The second kappa shape index (κ2) is 12.7. The van der Waals surface area contributed by atoms with Gasteiger partial charge in [0.15, 0.2) is 5.82 Å². The monoisotopic (exact) mass is 595 g/mol. The summed E-state index contributed by atoms with van der Waals surface area (Å²) in [5, 5.41) is 10.3. The fourth-order valence-corrected chi connectivity index (χ4v) is 6.22. The van der Waals surface area contributed by atoms with E-state index in [4.69, 9.17) is 35.5 Å². The molecule has 0 saturated carbocycles. The van der Waals surface area contributed by atoms with E-state index in [1.807, 2.05) is 25.1 Å². The number of ether oxygens (including phenoxy) is 4. The first-order valence-corrected chi connectivity index (χ1v) is 14.9. The molecule has 1 unspecified atom stereocenters. The van der Waals surface area contributed by atoms with Gasteiger partial charge in [-0.2, -0.15) is 4.98 Å². The van der Waals surface area contributed by atoms with E-state index in [0.717, 1.165) is 40.8 Å². The number of rotatable bonds is 10. The Kier molecular flexibility index (Phi) is 8.83. The van der Waals surface area contributed by atoms with Crippen LogP contribution in [0.15, 0.2) is 47.7 Å². The molecule has 2 aromatic heterocycles. The molecule has 6 rings (SSSR count). The minimum Gasteiger partial charge on any atom is -0.468 e. The van der Waals surface area contributed by atoms with Gasteiger partial charge in [-0.1, -0.05) is 37.1 Å². The van der Waals surface area contributed by atoms with E-state index in [1.54, 1.807) is 18.5 Å². The van der Waals surface area contributed by atoms with Crippen LogP contribution < -0.4 is 4.74 Å². The van der Waals surface area contributed by atoms with Gasteiger partial charge in [0, 0.05) is 35.7 Å². The summed E-state index contributed by atoms with van der Waals surface area (Å²) in [4.78, 5) is 13.7. The molecule has 3 aliphatic rings. The second-order valence-electron chi connectivity index (χ2n) is 11.1. The molecule has 3 aromatic rings. The average molecular weight is 596 g/mol. The molecule has 0 radical (unpaired) electrons. The van der Waals surface area contributed by atoms with Gasteiger partial charge in [-0.3, -0.25) is 4.98 Å². The maximum Gasteiger partial charge on any atom is 0.235 e. The Labute approximate surface area is 249 Å². The van der Waals surface area contributed by atoms with Crippen molar-refractivity contribution in [2.24, 2.45) is 4.99 Å². The van der Waals surface area contributed by atoms with E-state index in [1.165, 1.54) is 6.07 Å². The van der Waals surface area contributed by atoms with Crippen LogP contribution in [0, 0.1) is 12.7 Å². The van der Waals surface area contributed by atoms with Crippen molar-refractivity contribution >= 4 is 23.1 Å². The number of hydrogen-bond donors (Lipinski definition) is 1. The molecule has 2 aliphatic heterocycles. The largest absolute Gasteiger partial charge is 0.468 e. The van der Waals surface area contributed by atoms with Crippen molar-refractivity contribution < 1.29 is 28.4 Å². The molecule has 1 aliphatic carbocycles. The van der Waals surface area contributed by atoms with Gasteiger partial charge in [0.05, 0.1) is 19.8 Å². The third-order valence-corrected chi connectivity index (χ3v) is 8.35. The van der Waals surface area contributed by atoms with Crippen molar-refractivity contribution in [1.29, 1.82) is 0 Å². The van der Waals surface area contributed by atoms with Crippen LogP contribution in [0.25, 0.3) is 11.1 Å². The molecule has 42 heavy (non-hydrogen) atoms. The predicted octanol–water partition coefficient (Wildman–Crippen LogP) is 6.12. The quantitative estimate of drug-likeness (QED) is 0.282. The summed E-state index contributed by atoms with van der Waals surface area (Å²) in [6.07, 6.45) is 5.20. The number of aliphatic imine (C=N–C) groups is 1. The Morgan fingerprint density at radius 3 is 2.83 bits per heavy atom. The highest BCUT2D eigenvalue weighted by Crippen LogP contribution is 2.41. The normalized spacial score (nSPS) is 25.1. The maximum absolute atomic E-state index is 15.4. The summed E-state index contributed by atoms with van der Waals surface area (Å²) in [5.74, 6) is 0.458. The van der Waals surface area contributed by atoms with Crippen LogP contribution in [0.1, 0.15) is 55.4 Å². The lowest BCUT2D eigenvalue weighted by atomic mass is 10.0. The van der Waals surface area contributed by atoms with Gasteiger partial charge >= 0.3 is 0 Å². The molecule has 5 atom stereocenters. The van der Waals surface area contributed by atoms with Crippen LogP contribution in [0.2, 0.25) is 5.02 Å². The SMILES string of the molecule is CCCC(CCO[C@@H]1CO[C@H]2[C@@H]1OC[C@H]2O)=Nc1nc(OC2CCc3cc(-c4cccnc4)cc(F)c32)c(Cl)cc1C. The fraction of sp³-hybridized carbons (Fsp3) is 0.469. The number of nitrogens with zero attached hydrogens (tertiary/aromatic N) is 3. The van der Waals surface area contributed by atoms with Crippen molar-refractivity contribution in [2.45, 2.75) is 76.5 Å². The molecule has 1 N–H and O–H groups in total. The van der Waals surface area contributed by atoms with Crippen molar-refractivity contribution in [3.8, 4) is 17.0 Å². The molecule has 4 heterocycles. The minimum absolute atomic E-state index is 0.208. The molecule has 222 valence electrons. The summed E-state index contributed by atoms with van der Waals surface area (Å²) >= 11 is 6.56. The third kappa shape index (κ3) is 6.07. The zero-order valence-electron chi connectivity index (χ0n) is 23.8. The number of aliphatic hydroxyl groups is 1. The minimum atomic E-state index is -0.602. The summed E-state index contributed by atoms with van der Waals surface area (Å²) in [6, 6.07) is 9.10. The van der Waals surface area contributed by atoms with Crippen molar-refractivity contribution in [1.82, 2.24) is 9.97 Å². The number of aryl methyl sites for hydroxylation is 2. The molecular formula is C32H35ClFN3O5. The average Bonchev–Trinajstić information content (AvgIpc) is 3.69. The number of aromatic nitrogens is 2. The Balaban J connectivity index is 1.16. The lowest BCUT2D eigenvalue weighted by Gasteiger charge is -2.18. The number of aliphatic hydroxyl groups excluding tert-OH is 1. The molecular weight excluding hydrogens is 561 g/mol. The molecule has 10 heteroatoms. The number of benzene rings is 1. The zero-order valence-corrected chi connectivity index (χ0v) is 24.5. The van der Waals surface area contributed by atoms with Crippen LogP contribution in [0.3, 0.4) is 0 Å². The van der Waals surface area contributed by atoms with Crippen LogP contribution in [-0.4, -0.2) is 65.0 Å². The molecule has 1 aromatic carbocycles. The lowest BCUT2D eigenvalue weighted by Crippen LogP contribution is -2.33. The highest BCUT2D eigenvalue weighted by atomic mass is 35.5. The van der Waals surface area contributed by atoms with E-state index in [2.05, 4.69) is 16.9 Å². The fourth-order valence-electron chi connectivity index (χ4n) is 5.97. The van der Waals surface area contributed by atoms with E-state index < -0.39 is 12.2 Å². The van der Waals surface area contributed by atoms with E-state index >= 15 is 4.39 Å². The van der Waals surface area contributed by atoms with Gasteiger partial charge in [-0.05, 0) is 61.1 Å². The first kappa shape index (κ1) is 29.1.